The number of amides is 1. The predicted octanol–water partition coefficient (Wildman–Crippen LogP) is 3.51. The Bertz CT molecular complexity index is 683. The van der Waals surface area contributed by atoms with Crippen molar-refractivity contribution in [2.45, 2.75) is 32.7 Å². The fraction of sp³-hybridized carbons (Fsp3) is 0.400. The molecule has 21 heavy (non-hydrogen) atoms. The number of thiophene rings is 1. The highest BCUT2D eigenvalue weighted by Crippen LogP contribution is 2.26. The second-order valence-electron chi connectivity index (χ2n) is 5.43. The zero-order valence-electron chi connectivity index (χ0n) is 12.0. The fourth-order valence-electron chi connectivity index (χ4n) is 2.38. The first kappa shape index (κ1) is 14.5. The van der Waals surface area contributed by atoms with E-state index in [9.17, 15) is 4.79 Å². The van der Waals surface area contributed by atoms with E-state index in [0.717, 1.165) is 6.42 Å². The molecule has 0 fully saturated rings. The highest BCUT2D eigenvalue weighted by Gasteiger charge is 2.25. The molecule has 0 radical (unpaired) electrons. The molecule has 0 unspecified atom stereocenters. The van der Waals surface area contributed by atoms with E-state index in [2.05, 4.69) is 21.4 Å². The van der Waals surface area contributed by atoms with Crippen molar-refractivity contribution < 1.29 is 4.79 Å². The molecule has 0 aromatic carbocycles. The summed E-state index contributed by atoms with van der Waals surface area (Å²) in [5.41, 5.74) is 1.54. The van der Waals surface area contributed by atoms with Gasteiger partial charge < -0.3 is 4.90 Å². The second kappa shape index (κ2) is 5.73. The summed E-state index contributed by atoms with van der Waals surface area (Å²) >= 11 is 7.88. The zero-order chi connectivity index (χ0) is 15.0. The highest BCUT2D eigenvalue weighted by molar-refractivity contribution is 7.10. The van der Waals surface area contributed by atoms with E-state index in [-0.39, 0.29) is 11.8 Å². The lowest BCUT2D eigenvalue weighted by molar-refractivity contribution is 0.0729. The van der Waals surface area contributed by atoms with Crippen molar-refractivity contribution >= 4 is 28.8 Å². The first-order valence-electron chi connectivity index (χ1n) is 6.93. The van der Waals surface area contributed by atoms with E-state index in [1.165, 1.54) is 16.6 Å². The van der Waals surface area contributed by atoms with Gasteiger partial charge in [-0.1, -0.05) is 25.4 Å². The van der Waals surface area contributed by atoms with Gasteiger partial charge in [0.25, 0.3) is 5.91 Å². The minimum Gasteiger partial charge on any atom is -0.333 e. The Morgan fingerprint density at radius 3 is 3.05 bits per heavy atom. The normalized spacial score (nSPS) is 14.4. The van der Waals surface area contributed by atoms with E-state index in [0.29, 0.717) is 29.6 Å². The van der Waals surface area contributed by atoms with Crippen LogP contribution in [0.1, 0.15) is 46.5 Å². The SMILES string of the molecule is CC(C)c1ncc(Cl)c(C(=O)N2CCc3sccc3C2)n1. The summed E-state index contributed by atoms with van der Waals surface area (Å²) in [5.74, 6) is 0.704. The van der Waals surface area contributed by atoms with E-state index in [4.69, 9.17) is 11.6 Å². The zero-order valence-corrected chi connectivity index (χ0v) is 13.5. The molecule has 1 aliphatic heterocycles. The number of carbonyl (C=O) groups is 1. The van der Waals surface area contributed by atoms with E-state index in [1.807, 2.05) is 18.7 Å². The molecule has 110 valence electrons. The molecule has 1 aliphatic rings. The quantitative estimate of drug-likeness (QED) is 0.850. The van der Waals surface area contributed by atoms with Crippen LogP contribution in [-0.2, 0) is 13.0 Å². The van der Waals surface area contributed by atoms with Crippen LogP contribution < -0.4 is 0 Å². The van der Waals surface area contributed by atoms with Gasteiger partial charge in [-0.3, -0.25) is 4.79 Å². The maximum absolute atomic E-state index is 12.7. The Balaban J connectivity index is 1.87. The number of halogens is 1. The monoisotopic (exact) mass is 321 g/mol. The molecular weight excluding hydrogens is 306 g/mol. The van der Waals surface area contributed by atoms with Gasteiger partial charge >= 0.3 is 0 Å². The predicted molar refractivity (Wildman–Crippen MR) is 83.9 cm³/mol. The van der Waals surface area contributed by atoms with Gasteiger partial charge in [-0.25, -0.2) is 9.97 Å². The molecule has 0 N–H and O–H groups in total. The molecule has 0 saturated heterocycles. The summed E-state index contributed by atoms with van der Waals surface area (Å²) < 4.78 is 0. The molecule has 4 nitrogen and oxygen atoms in total. The van der Waals surface area contributed by atoms with Crippen LogP contribution in [0, 0.1) is 0 Å². The Morgan fingerprint density at radius 2 is 2.29 bits per heavy atom. The van der Waals surface area contributed by atoms with Crippen LogP contribution in [0.25, 0.3) is 0 Å². The van der Waals surface area contributed by atoms with Gasteiger partial charge in [0.05, 0.1) is 11.2 Å². The van der Waals surface area contributed by atoms with Crippen molar-refractivity contribution in [3.05, 3.63) is 44.6 Å². The first-order chi connectivity index (χ1) is 10.1. The smallest absolute Gasteiger partial charge is 0.274 e. The van der Waals surface area contributed by atoms with Crippen molar-refractivity contribution in [3.63, 3.8) is 0 Å². The minimum atomic E-state index is -0.110. The number of hydrogen-bond acceptors (Lipinski definition) is 4. The molecule has 0 spiro atoms. The average molecular weight is 322 g/mol. The van der Waals surface area contributed by atoms with Gasteiger partial charge in [0, 0.05) is 23.9 Å². The Kier molecular flexibility index (Phi) is 3.95. The van der Waals surface area contributed by atoms with Gasteiger partial charge in [0.15, 0.2) is 5.69 Å². The second-order valence-corrected chi connectivity index (χ2v) is 6.83. The lowest BCUT2D eigenvalue weighted by Gasteiger charge is -2.27. The van der Waals surface area contributed by atoms with E-state index < -0.39 is 0 Å². The number of nitrogens with zero attached hydrogens (tertiary/aromatic N) is 3. The van der Waals surface area contributed by atoms with Crippen molar-refractivity contribution in [3.8, 4) is 0 Å². The van der Waals surface area contributed by atoms with E-state index >= 15 is 0 Å². The third-order valence-corrected chi connectivity index (χ3v) is 4.88. The van der Waals surface area contributed by atoms with E-state index in [1.54, 1.807) is 11.3 Å². The van der Waals surface area contributed by atoms with Gasteiger partial charge in [-0.15, -0.1) is 11.3 Å². The van der Waals surface area contributed by atoms with Crippen molar-refractivity contribution in [1.82, 2.24) is 14.9 Å². The molecule has 6 heteroatoms. The maximum atomic E-state index is 12.7. The first-order valence-corrected chi connectivity index (χ1v) is 8.19. The lowest BCUT2D eigenvalue weighted by atomic mass is 10.1. The largest absolute Gasteiger partial charge is 0.333 e. The van der Waals surface area contributed by atoms with Crippen LogP contribution in [0.2, 0.25) is 5.02 Å². The van der Waals surface area contributed by atoms with Gasteiger partial charge in [0.1, 0.15) is 5.82 Å². The number of hydrogen-bond donors (Lipinski definition) is 0. The van der Waals surface area contributed by atoms with Gasteiger partial charge in [-0.2, -0.15) is 0 Å². The summed E-state index contributed by atoms with van der Waals surface area (Å²) in [5, 5.41) is 2.40. The number of fused-ring (bicyclic) bond motifs is 1. The third-order valence-electron chi connectivity index (χ3n) is 3.58. The Morgan fingerprint density at radius 1 is 1.48 bits per heavy atom. The molecule has 0 atom stereocenters. The minimum absolute atomic E-state index is 0.110. The molecule has 2 aromatic rings. The summed E-state index contributed by atoms with van der Waals surface area (Å²) in [7, 11) is 0. The molecule has 0 bridgehead atoms. The molecule has 1 amide bonds. The number of rotatable bonds is 2. The lowest BCUT2D eigenvalue weighted by Crippen LogP contribution is -2.36. The van der Waals surface area contributed by atoms with Crippen LogP contribution in [0.4, 0.5) is 0 Å². The van der Waals surface area contributed by atoms with Crippen molar-refractivity contribution in [2.24, 2.45) is 0 Å². The van der Waals surface area contributed by atoms with Crippen molar-refractivity contribution in [2.75, 3.05) is 6.54 Å². The molecule has 3 rings (SSSR count). The molecule has 3 heterocycles. The van der Waals surface area contributed by atoms with Crippen LogP contribution in [0.3, 0.4) is 0 Å². The summed E-state index contributed by atoms with van der Waals surface area (Å²) in [6.07, 6.45) is 2.43. The standard InChI is InChI=1S/C15H16ClN3OS/c1-9(2)14-17-7-11(16)13(18-14)15(20)19-5-3-12-10(8-19)4-6-21-12/h4,6-7,9H,3,5,8H2,1-2H3. The van der Waals surface area contributed by atoms with Crippen LogP contribution >= 0.6 is 22.9 Å². The highest BCUT2D eigenvalue weighted by atomic mass is 35.5. The Hall–Kier alpha value is -1.46. The average Bonchev–Trinajstić information content (AvgIpc) is 2.94. The maximum Gasteiger partial charge on any atom is 0.274 e. The topological polar surface area (TPSA) is 46.1 Å². The summed E-state index contributed by atoms with van der Waals surface area (Å²) in [4.78, 5) is 24.4. The van der Waals surface area contributed by atoms with Crippen LogP contribution in [0.5, 0.6) is 0 Å². The van der Waals surface area contributed by atoms with Gasteiger partial charge in [-0.05, 0) is 23.4 Å². The van der Waals surface area contributed by atoms with Crippen molar-refractivity contribution in [1.29, 1.82) is 0 Å². The van der Waals surface area contributed by atoms with Crippen LogP contribution in [0.15, 0.2) is 17.6 Å². The fourth-order valence-corrected chi connectivity index (χ4v) is 3.44. The van der Waals surface area contributed by atoms with Crippen LogP contribution in [-0.4, -0.2) is 27.3 Å². The molecule has 2 aromatic heterocycles. The molecule has 0 saturated carbocycles. The van der Waals surface area contributed by atoms with Gasteiger partial charge in [0.2, 0.25) is 0 Å². The molecular formula is C15H16ClN3OS. The number of carbonyl (C=O) groups excluding carboxylic acids is 1. The summed E-state index contributed by atoms with van der Waals surface area (Å²) in [6, 6.07) is 2.08. The third kappa shape index (κ3) is 2.80. The number of aromatic nitrogens is 2. The molecule has 0 aliphatic carbocycles. The Labute approximate surface area is 132 Å². The summed E-state index contributed by atoms with van der Waals surface area (Å²) in [6.45, 7) is 5.34.